The first-order chi connectivity index (χ1) is 13.4. The highest BCUT2D eigenvalue weighted by Crippen LogP contribution is 2.22. The standard InChI is InChI=1S/C19H16BrF2N3O2S/c1-2-7-25-18(27)13-8-11(20)3-6-15(13)24-19(25)28-10-17(26)23-16-9-12(21)4-5-14(16)22/h3-6,8-9H,2,7,10H2,1H3,(H,23,26). The quantitative estimate of drug-likeness (QED) is 0.425. The first-order valence-electron chi connectivity index (χ1n) is 8.47. The number of aromatic nitrogens is 2. The van der Waals surface area contributed by atoms with Crippen LogP contribution in [0.4, 0.5) is 14.5 Å². The van der Waals surface area contributed by atoms with Gasteiger partial charge >= 0.3 is 0 Å². The van der Waals surface area contributed by atoms with Crippen molar-refractivity contribution in [2.45, 2.75) is 25.0 Å². The van der Waals surface area contributed by atoms with Crippen LogP contribution in [0.2, 0.25) is 0 Å². The van der Waals surface area contributed by atoms with E-state index in [2.05, 4.69) is 26.2 Å². The fourth-order valence-electron chi connectivity index (χ4n) is 2.61. The van der Waals surface area contributed by atoms with Gasteiger partial charge in [-0.05, 0) is 36.8 Å². The SMILES string of the molecule is CCCn1c(SCC(=O)Nc2cc(F)ccc2F)nc2ccc(Br)cc2c1=O. The number of rotatable bonds is 6. The van der Waals surface area contributed by atoms with Crippen LogP contribution >= 0.6 is 27.7 Å². The van der Waals surface area contributed by atoms with Gasteiger partial charge in [0.2, 0.25) is 5.91 Å². The summed E-state index contributed by atoms with van der Waals surface area (Å²) in [5, 5.41) is 3.22. The Morgan fingerprint density at radius 1 is 1.25 bits per heavy atom. The number of thioether (sulfide) groups is 1. The van der Waals surface area contributed by atoms with Crippen LogP contribution in [-0.4, -0.2) is 21.2 Å². The fraction of sp³-hybridized carbons (Fsp3) is 0.211. The number of nitrogens with zero attached hydrogens (tertiary/aromatic N) is 2. The second kappa shape index (κ2) is 8.83. The predicted octanol–water partition coefficient (Wildman–Crippen LogP) is 4.58. The molecule has 0 aliphatic rings. The number of anilines is 1. The predicted molar refractivity (Wildman–Crippen MR) is 110 cm³/mol. The summed E-state index contributed by atoms with van der Waals surface area (Å²) in [4.78, 5) is 29.5. The molecule has 0 radical (unpaired) electrons. The summed E-state index contributed by atoms with van der Waals surface area (Å²) in [6.45, 7) is 2.39. The van der Waals surface area contributed by atoms with Gasteiger partial charge in [-0.3, -0.25) is 14.2 Å². The number of amides is 1. The maximum atomic E-state index is 13.7. The van der Waals surface area contributed by atoms with E-state index in [1.165, 1.54) is 4.57 Å². The Hall–Kier alpha value is -2.26. The van der Waals surface area contributed by atoms with Crippen LogP contribution in [0.1, 0.15) is 13.3 Å². The summed E-state index contributed by atoms with van der Waals surface area (Å²) >= 11 is 4.42. The lowest BCUT2D eigenvalue weighted by Crippen LogP contribution is -2.24. The summed E-state index contributed by atoms with van der Waals surface area (Å²) in [5.74, 6) is -2.00. The lowest BCUT2D eigenvalue weighted by Gasteiger charge is -2.12. The van der Waals surface area contributed by atoms with Crippen molar-refractivity contribution in [1.29, 1.82) is 0 Å². The lowest BCUT2D eigenvalue weighted by molar-refractivity contribution is -0.113. The second-order valence-corrected chi connectivity index (χ2v) is 7.83. The molecule has 1 amide bonds. The average Bonchev–Trinajstić information content (AvgIpc) is 2.66. The summed E-state index contributed by atoms with van der Waals surface area (Å²) in [6.07, 6.45) is 0.718. The molecule has 0 unspecified atom stereocenters. The third-order valence-corrected chi connectivity index (χ3v) is 5.33. The van der Waals surface area contributed by atoms with Gasteiger partial charge < -0.3 is 5.32 Å². The monoisotopic (exact) mass is 467 g/mol. The molecule has 0 bridgehead atoms. The first kappa shape index (κ1) is 20.5. The molecule has 0 aliphatic carbocycles. The molecule has 3 aromatic rings. The molecule has 1 aromatic heterocycles. The van der Waals surface area contributed by atoms with Crippen molar-refractivity contribution < 1.29 is 13.6 Å². The molecule has 9 heteroatoms. The molecule has 0 saturated heterocycles. The minimum Gasteiger partial charge on any atom is -0.323 e. The maximum Gasteiger partial charge on any atom is 0.262 e. The number of benzene rings is 2. The van der Waals surface area contributed by atoms with Crippen LogP contribution in [0.25, 0.3) is 10.9 Å². The van der Waals surface area contributed by atoms with E-state index in [9.17, 15) is 18.4 Å². The molecule has 3 rings (SSSR count). The molecule has 5 nitrogen and oxygen atoms in total. The van der Waals surface area contributed by atoms with Gasteiger partial charge in [-0.1, -0.05) is 34.6 Å². The molecule has 0 atom stereocenters. The van der Waals surface area contributed by atoms with Crippen molar-refractivity contribution in [2.24, 2.45) is 0 Å². The van der Waals surface area contributed by atoms with E-state index in [4.69, 9.17) is 0 Å². The fourth-order valence-corrected chi connectivity index (χ4v) is 3.80. The largest absolute Gasteiger partial charge is 0.323 e. The van der Waals surface area contributed by atoms with Crippen LogP contribution in [-0.2, 0) is 11.3 Å². The molecular formula is C19H16BrF2N3O2S. The third kappa shape index (κ3) is 4.59. The molecule has 1 N–H and O–H groups in total. The van der Waals surface area contributed by atoms with Crippen LogP contribution in [0.15, 0.2) is 50.8 Å². The Labute approximate surface area is 172 Å². The van der Waals surface area contributed by atoms with Gasteiger partial charge in [0.15, 0.2) is 5.16 Å². The normalized spacial score (nSPS) is 11.0. The molecule has 28 heavy (non-hydrogen) atoms. The van der Waals surface area contributed by atoms with Crippen molar-refractivity contribution in [1.82, 2.24) is 9.55 Å². The summed E-state index contributed by atoms with van der Waals surface area (Å²) < 4.78 is 29.2. The van der Waals surface area contributed by atoms with Crippen LogP contribution < -0.4 is 10.9 Å². The maximum absolute atomic E-state index is 13.7. The van der Waals surface area contributed by atoms with Gasteiger partial charge in [0.1, 0.15) is 11.6 Å². The minimum absolute atomic E-state index is 0.103. The van der Waals surface area contributed by atoms with Crippen LogP contribution in [0, 0.1) is 11.6 Å². The average molecular weight is 468 g/mol. The van der Waals surface area contributed by atoms with Crippen molar-refractivity contribution in [3.8, 4) is 0 Å². The number of halogens is 3. The van der Waals surface area contributed by atoms with E-state index in [-0.39, 0.29) is 17.0 Å². The summed E-state index contributed by atoms with van der Waals surface area (Å²) in [6, 6.07) is 8.05. The van der Waals surface area contributed by atoms with Crippen LogP contribution in [0.5, 0.6) is 0 Å². The Bertz CT molecular complexity index is 1100. The highest BCUT2D eigenvalue weighted by Gasteiger charge is 2.14. The molecule has 146 valence electrons. The lowest BCUT2D eigenvalue weighted by atomic mass is 10.2. The van der Waals surface area contributed by atoms with Gasteiger partial charge in [-0.15, -0.1) is 0 Å². The van der Waals surface area contributed by atoms with Crippen molar-refractivity contribution in [2.75, 3.05) is 11.1 Å². The molecule has 0 saturated carbocycles. The summed E-state index contributed by atoms with van der Waals surface area (Å²) in [7, 11) is 0. The minimum atomic E-state index is -0.725. The second-order valence-electron chi connectivity index (χ2n) is 5.97. The topological polar surface area (TPSA) is 64.0 Å². The zero-order valence-electron chi connectivity index (χ0n) is 14.8. The van der Waals surface area contributed by atoms with E-state index in [1.54, 1.807) is 18.2 Å². The number of nitrogens with one attached hydrogen (secondary N) is 1. The Morgan fingerprint density at radius 3 is 2.79 bits per heavy atom. The van der Waals surface area contributed by atoms with Gasteiger partial charge in [0.05, 0.1) is 22.3 Å². The van der Waals surface area contributed by atoms with E-state index < -0.39 is 17.5 Å². The molecule has 0 aliphatic heterocycles. The number of carbonyl (C=O) groups is 1. The zero-order chi connectivity index (χ0) is 20.3. The zero-order valence-corrected chi connectivity index (χ0v) is 17.2. The smallest absolute Gasteiger partial charge is 0.262 e. The molecule has 1 heterocycles. The van der Waals surface area contributed by atoms with Crippen molar-refractivity contribution in [3.05, 3.63) is 62.9 Å². The first-order valence-corrected chi connectivity index (χ1v) is 10.2. The Kier molecular flexibility index (Phi) is 6.46. The van der Waals surface area contributed by atoms with Gasteiger partial charge in [-0.25, -0.2) is 13.8 Å². The van der Waals surface area contributed by atoms with Gasteiger partial charge in [0.25, 0.3) is 5.56 Å². The van der Waals surface area contributed by atoms with Crippen molar-refractivity contribution >= 4 is 50.2 Å². The Balaban J connectivity index is 1.84. The number of fused-ring (bicyclic) bond motifs is 1. The molecule has 2 aromatic carbocycles. The highest BCUT2D eigenvalue weighted by molar-refractivity contribution is 9.10. The van der Waals surface area contributed by atoms with Gasteiger partial charge in [-0.2, -0.15) is 0 Å². The van der Waals surface area contributed by atoms with E-state index in [1.807, 2.05) is 6.92 Å². The Morgan fingerprint density at radius 2 is 2.04 bits per heavy atom. The van der Waals surface area contributed by atoms with Crippen LogP contribution in [0.3, 0.4) is 0 Å². The van der Waals surface area contributed by atoms with E-state index in [0.29, 0.717) is 22.6 Å². The third-order valence-electron chi connectivity index (χ3n) is 3.86. The molecular weight excluding hydrogens is 452 g/mol. The number of carbonyl (C=O) groups excluding carboxylic acids is 1. The van der Waals surface area contributed by atoms with E-state index >= 15 is 0 Å². The molecule has 0 spiro atoms. The van der Waals surface area contributed by atoms with Crippen molar-refractivity contribution in [3.63, 3.8) is 0 Å². The number of hydrogen-bond acceptors (Lipinski definition) is 4. The highest BCUT2D eigenvalue weighted by atomic mass is 79.9. The molecule has 0 fully saturated rings. The van der Waals surface area contributed by atoms with Gasteiger partial charge in [0, 0.05) is 17.1 Å². The van der Waals surface area contributed by atoms with E-state index in [0.717, 1.165) is 40.9 Å². The summed E-state index contributed by atoms with van der Waals surface area (Å²) in [5.41, 5.74) is 0.111. The number of hydrogen-bond donors (Lipinski definition) is 1.